The molecule has 1 aromatic carbocycles. The number of anilines is 1. The van der Waals surface area contributed by atoms with Crippen molar-refractivity contribution in [1.29, 1.82) is 0 Å². The fourth-order valence-electron chi connectivity index (χ4n) is 3.36. The van der Waals surface area contributed by atoms with Crippen molar-refractivity contribution in [2.24, 2.45) is 0 Å². The van der Waals surface area contributed by atoms with Crippen LogP contribution in [0.1, 0.15) is 43.6 Å². The van der Waals surface area contributed by atoms with Gasteiger partial charge >= 0.3 is 5.97 Å². The molecule has 0 radical (unpaired) electrons. The predicted molar refractivity (Wildman–Crippen MR) is 99.3 cm³/mol. The maximum atomic E-state index is 14.5. The van der Waals surface area contributed by atoms with E-state index in [0.29, 0.717) is 31.2 Å². The first-order chi connectivity index (χ1) is 13.4. The molecule has 0 fully saturated rings. The molecule has 3 N–H and O–H groups in total. The first-order valence-electron chi connectivity index (χ1n) is 8.74. The monoisotopic (exact) mass is 408 g/mol. The molecule has 1 atom stereocenters. The Morgan fingerprint density at radius 2 is 2.04 bits per heavy atom. The summed E-state index contributed by atoms with van der Waals surface area (Å²) in [4.78, 5) is 41.1. The summed E-state index contributed by atoms with van der Waals surface area (Å²) in [6.07, 6.45) is 3.83. The molecule has 2 aliphatic rings. The van der Waals surface area contributed by atoms with Crippen LogP contribution < -0.4 is 15.6 Å². The third-order valence-electron chi connectivity index (χ3n) is 4.76. The van der Waals surface area contributed by atoms with Crippen LogP contribution in [0, 0.1) is 5.82 Å². The van der Waals surface area contributed by atoms with Crippen molar-refractivity contribution in [3.8, 4) is 5.75 Å². The number of carbonyl (C=O) groups excluding carboxylic acids is 2. The maximum absolute atomic E-state index is 14.5. The highest BCUT2D eigenvalue weighted by molar-refractivity contribution is 6.25. The van der Waals surface area contributed by atoms with Crippen LogP contribution >= 0.6 is 11.6 Å². The number of nitrogens with one attached hydrogen (secondary N) is 2. The van der Waals surface area contributed by atoms with Crippen LogP contribution in [0.15, 0.2) is 34.9 Å². The second kappa shape index (κ2) is 8.43. The lowest BCUT2D eigenvalue weighted by molar-refractivity contribution is -0.133. The molecule has 0 bridgehead atoms. The fourth-order valence-corrected chi connectivity index (χ4v) is 3.46. The number of benzene rings is 1. The van der Waals surface area contributed by atoms with Crippen molar-refractivity contribution in [2.75, 3.05) is 5.32 Å². The minimum atomic E-state index is -1.14. The molecule has 0 saturated carbocycles. The van der Waals surface area contributed by atoms with Gasteiger partial charge in [0.25, 0.3) is 11.8 Å². The lowest BCUT2D eigenvalue weighted by atomic mass is 9.90. The summed E-state index contributed by atoms with van der Waals surface area (Å²) in [5, 5.41) is 11.7. The Morgan fingerprint density at radius 3 is 2.71 bits per heavy atom. The van der Waals surface area contributed by atoms with Crippen molar-refractivity contribution in [3.05, 3.63) is 46.3 Å². The Bertz CT molecular complexity index is 897. The first-order valence-corrected chi connectivity index (χ1v) is 9.18. The molecule has 7 nitrogen and oxygen atoms in total. The summed E-state index contributed by atoms with van der Waals surface area (Å²) in [6, 6.07) is 2.40. The molecule has 0 spiro atoms. The number of hydrogen-bond acceptors (Lipinski definition) is 4. The number of hydroxylamine groups is 1. The minimum absolute atomic E-state index is 0.0509. The molecule has 148 valence electrons. The lowest BCUT2D eigenvalue weighted by Gasteiger charge is -2.25. The number of fused-ring (bicyclic) bond motifs is 1. The van der Waals surface area contributed by atoms with E-state index in [1.807, 2.05) is 0 Å². The van der Waals surface area contributed by atoms with E-state index >= 15 is 0 Å². The average Bonchev–Trinajstić information content (AvgIpc) is 2.68. The number of halogens is 2. The van der Waals surface area contributed by atoms with Gasteiger partial charge in [0.1, 0.15) is 0 Å². The first kappa shape index (κ1) is 19.9. The highest BCUT2D eigenvalue weighted by Gasteiger charge is 2.31. The smallest absolute Gasteiger partial charge is 0.332 e. The molecule has 0 aromatic heterocycles. The largest absolute Gasteiger partial charge is 0.478 e. The van der Waals surface area contributed by atoms with E-state index in [2.05, 4.69) is 10.8 Å². The Morgan fingerprint density at radius 1 is 1.32 bits per heavy atom. The van der Waals surface area contributed by atoms with E-state index in [1.54, 1.807) is 6.08 Å². The minimum Gasteiger partial charge on any atom is -0.478 e. The number of carboxylic acids is 1. The van der Waals surface area contributed by atoms with E-state index in [4.69, 9.17) is 16.4 Å². The molecule has 1 aromatic rings. The van der Waals surface area contributed by atoms with Gasteiger partial charge in [0.2, 0.25) is 0 Å². The summed E-state index contributed by atoms with van der Waals surface area (Å²) in [5.74, 6) is -3.52. The topological polar surface area (TPSA) is 105 Å². The van der Waals surface area contributed by atoms with E-state index in [1.165, 1.54) is 11.6 Å². The molecule has 0 saturated heterocycles. The molecule has 1 unspecified atom stereocenters. The third-order valence-corrected chi connectivity index (χ3v) is 4.94. The van der Waals surface area contributed by atoms with Crippen LogP contribution in [-0.4, -0.2) is 22.9 Å². The second-order valence-corrected chi connectivity index (χ2v) is 6.76. The molecule has 28 heavy (non-hydrogen) atoms. The quantitative estimate of drug-likeness (QED) is 0.692. The highest BCUT2D eigenvalue weighted by atomic mass is 35.5. The summed E-state index contributed by atoms with van der Waals surface area (Å²) in [6.45, 7) is 0. The van der Waals surface area contributed by atoms with E-state index in [9.17, 15) is 23.9 Å². The lowest BCUT2D eigenvalue weighted by Crippen LogP contribution is -2.37. The molecule has 3 rings (SSSR count). The average molecular weight is 409 g/mol. The molecule has 2 amide bonds. The molecule has 1 heterocycles. The predicted octanol–water partition coefficient (Wildman–Crippen LogP) is 3.37. The third kappa shape index (κ3) is 4.01. The fraction of sp³-hybridized carbons (Fsp3) is 0.316. The van der Waals surface area contributed by atoms with Crippen LogP contribution in [0.4, 0.5) is 10.1 Å². The number of carbonyl (C=O) groups is 3. The van der Waals surface area contributed by atoms with Crippen molar-refractivity contribution in [2.45, 2.75) is 38.0 Å². The van der Waals surface area contributed by atoms with Crippen molar-refractivity contribution in [1.82, 2.24) is 5.48 Å². The normalized spacial score (nSPS) is 19.1. The molecule has 9 heteroatoms. The summed E-state index contributed by atoms with van der Waals surface area (Å²) in [7, 11) is 0. The number of carboxylic acid groups (broad SMARTS) is 1. The summed E-state index contributed by atoms with van der Waals surface area (Å²) >= 11 is 5.53. The Labute approximate surface area is 165 Å². The van der Waals surface area contributed by atoms with E-state index in [-0.39, 0.29) is 29.0 Å². The van der Waals surface area contributed by atoms with E-state index < -0.39 is 29.5 Å². The van der Waals surface area contributed by atoms with Gasteiger partial charge in [0.15, 0.2) is 11.6 Å². The van der Waals surface area contributed by atoms with Gasteiger partial charge in [-0.3, -0.25) is 9.59 Å². The van der Waals surface area contributed by atoms with Crippen LogP contribution in [0.2, 0.25) is 0 Å². The Kier molecular flexibility index (Phi) is 5.99. The van der Waals surface area contributed by atoms with Crippen molar-refractivity contribution < 1.29 is 28.7 Å². The van der Waals surface area contributed by atoms with Gasteiger partial charge in [0.05, 0.1) is 11.6 Å². The zero-order chi connectivity index (χ0) is 20.3. The SMILES string of the molecule is O=C(O)C1=C(C(=O)Nc2cc3c(cc2F)ONC(=O)C3CC=CCl)CCCC1. The van der Waals surface area contributed by atoms with Gasteiger partial charge in [0, 0.05) is 28.3 Å². The molecular weight excluding hydrogens is 391 g/mol. The van der Waals surface area contributed by atoms with Crippen molar-refractivity contribution >= 4 is 35.1 Å². The number of amides is 2. The number of aliphatic carboxylic acids is 1. The van der Waals surface area contributed by atoms with Crippen LogP contribution in [0.3, 0.4) is 0 Å². The van der Waals surface area contributed by atoms with Gasteiger partial charge in [-0.1, -0.05) is 17.7 Å². The molecular formula is C19H18ClFN2O5. The number of rotatable bonds is 5. The van der Waals surface area contributed by atoms with Gasteiger partial charge in [-0.15, -0.1) is 0 Å². The standard InChI is InChI=1S/C19H18ClFN2O5/c20-7-3-6-11-13-8-15(14(21)9-16(13)28-23-18(11)25)22-17(24)10-4-1-2-5-12(10)19(26)27/h3,7-9,11H,1-2,4-6H2,(H,22,24)(H,23,25)(H,26,27). The zero-order valence-corrected chi connectivity index (χ0v) is 15.5. The maximum Gasteiger partial charge on any atom is 0.332 e. The van der Waals surface area contributed by atoms with Gasteiger partial charge in [-0.05, 0) is 38.2 Å². The van der Waals surface area contributed by atoms with Gasteiger partial charge in [-0.25, -0.2) is 9.18 Å². The van der Waals surface area contributed by atoms with Crippen LogP contribution in [0.5, 0.6) is 5.75 Å². The summed E-state index contributed by atoms with van der Waals surface area (Å²) < 4.78 is 14.5. The molecule has 1 aliphatic carbocycles. The Balaban J connectivity index is 1.93. The number of allylic oxidation sites excluding steroid dienone is 1. The van der Waals surface area contributed by atoms with Crippen LogP contribution in [-0.2, 0) is 14.4 Å². The molecule has 1 aliphatic heterocycles. The number of hydrogen-bond donors (Lipinski definition) is 3. The van der Waals surface area contributed by atoms with Crippen LogP contribution in [0.25, 0.3) is 0 Å². The zero-order valence-electron chi connectivity index (χ0n) is 14.8. The second-order valence-electron chi connectivity index (χ2n) is 6.51. The van der Waals surface area contributed by atoms with E-state index in [0.717, 1.165) is 6.07 Å². The van der Waals surface area contributed by atoms with Crippen molar-refractivity contribution in [3.63, 3.8) is 0 Å². The summed E-state index contributed by atoms with van der Waals surface area (Å²) in [5.41, 5.74) is 3.93. The van der Waals surface area contributed by atoms with Gasteiger partial charge < -0.3 is 15.3 Å². The van der Waals surface area contributed by atoms with Gasteiger partial charge in [-0.2, -0.15) is 5.48 Å². The highest BCUT2D eigenvalue weighted by Crippen LogP contribution is 2.37. The Hall–Kier alpha value is -2.87.